The maximum Gasteiger partial charge on any atom is 0.317 e. The third-order valence-corrected chi connectivity index (χ3v) is 3.58. The number of nitrogens with zero attached hydrogens (tertiary/aromatic N) is 3. The van der Waals surface area contributed by atoms with E-state index in [9.17, 15) is 9.59 Å². The van der Waals surface area contributed by atoms with Crippen molar-refractivity contribution in [2.45, 2.75) is 19.3 Å². The monoisotopic (exact) mass is 280 g/mol. The lowest BCUT2D eigenvalue weighted by Crippen LogP contribution is -2.45. The van der Waals surface area contributed by atoms with Gasteiger partial charge in [-0.1, -0.05) is 0 Å². The first-order valence-electron chi connectivity index (χ1n) is 6.79. The molecule has 1 aliphatic rings. The Hall–Kier alpha value is -2.05. The van der Waals surface area contributed by atoms with Crippen LogP contribution < -0.4 is 5.32 Å². The number of urea groups is 1. The van der Waals surface area contributed by atoms with Gasteiger partial charge in [0, 0.05) is 32.9 Å². The molecule has 1 saturated heterocycles. The Morgan fingerprint density at radius 3 is 2.70 bits per heavy atom. The second kappa shape index (κ2) is 6.40. The van der Waals surface area contributed by atoms with E-state index in [1.54, 1.807) is 15.8 Å². The molecule has 1 aromatic rings. The van der Waals surface area contributed by atoms with E-state index in [0.29, 0.717) is 32.5 Å². The van der Waals surface area contributed by atoms with Crippen molar-refractivity contribution in [3.8, 4) is 0 Å². The van der Waals surface area contributed by atoms with Gasteiger partial charge in [0.2, 0.25) is 0 Å². The van der Waals surface area contributed by atoms with Crippen molar-refractivity contribution in [1.29, 1.82) is 0 Å². The summed E-state index contributed by atoms with van der Waals surface area (Å²) in [5.41, 5.74) is 1.08. The lowest BCUT2D eigenvalue weighted by molar-refractivity contribution is -0.143. The number of aryl methyl sites for hydroxylation is 1. The second-order valence-electron chi connectivity index (χ2n) is 5.10. The summed E-state index contributed by atoms with van der Waals surface area (Å²) in [4.78, 5) is 24.4. The zero-order valence-corrected chi connectivity index (χ0v) is 11.6. The van der Waals surface area contributed by atoms with Gasteiger partial charge in [-0.3, -0.25) is 9.48 Å². The molecular formula is C13H20N4O3. The Morgan fingerprint density at radius 1 is 1.45 bits per heavy atom. The van der Waals surface area contributed by atoms with E-state index in [1.165, 1.54) is 0 Å². The third-order valence-electron chi connectivity index (χ3n) is 3.58. The standard InChI is InChI=1S/C13H20N4O3/c1-16-9-10(8-15-16)2-5-14-13(20)17-6-3-11(4-7-17)12(18)19/h8-9,11H,2-7H2,1H3,(H,14,20)(H,18,19). The Morgan fingerprint density at radius 2 is 2.15 bits per heavy atom. The highest BCUT2D eigenvalue weighted by Crippen LogP contribution is 2.17. The molecule has 20 heavy (non-hydrogen) atoms. The van der Waals surface area contributed by atoms with Crippen LogP contribution in [-0.4, -0.2) is 51.4 Å². The van der Waals surface area contributed by atoms with Crippen molar-refractivity contribution in [1.82, 2.24) is 20.0 Å². The van der Waals surface area contributed by atoms with E-state index in [2.05, 4.69) is 10.4 Å². The summed E-state index contributed by atoms with van der Waals surface area (Å²) in [5.74, 6) is -1.07. The van der Waals surface area contributed by atoms with Gasteiger partial charge in [0.15, 0.2) is 0 Å². The lowest BCUT2D eigenvalue weighted by atomic mass is 9.97. The number of aromatic nitrogens is 2. The minimum atomic E-state index is -0.762. The van der Waals surface area contributed by atoms with E-state index in [1.807, 2.05) is 13.2 Å². The number of piperidine rings is 1. The van der Waals surface area contributed by atoms with Gasteiger partial charge in [0.1, 0.15) is 0 Å². The first-order chi connectivity index (χ1) is 9.56. The normalized spacial score (nSPS) is 16.1. The molecule has 1 aliphatic heterocycles. The molecule has 0 spiro atoms. The molecule has 7 nitrogen and oxygen atoms in total. The molecule has 1 fully saturated rings. The van der Waals surface area contributed by atoms with Gasteiger partial charge >= 0.3 is 12.0 Å². The molecule has 110 valence electrons. The van der Waals surface area contributed by atoms with Crippen LogP contribution in [0, 0.1) is 5.92 Å². The first kappa shape index (κ1) is 14.4. The Balaban J connectivity index is 1.69. The summed E-state index contributed by atoms with van der Waals surface area (Å²) >= 11 is 0. The van der Waals surface area contributed by atoms with Crippen LogP contribution in [0.1, 0.15) is 18.4 Å². The number of hydrogen-bond donors (Lipinski definition) is 2. The van der Waals surface area contributed by atoms with Crippen molar-refractivity contribution in [3.05, 3.63) is 18.0 Å². The number of amides is 2. The summed E-state index contributed by atoms with van der Waals surface area (Å²) in [6, 6.07) is -0.113. The third kappa shape index (κ3) is 3.72. The molecule has 2 N–H and O–H groups in total. The number of nitrogens with one attached hydrogen (secondary N) is 1. The number of aliphatic carboxylic acids is 1. The van der Waals surface area contributed by atoms with E-state index in [-0.39, 0.29) is 11.9 Å². The molecular weight excluding hydrogens is 260 g/mol. The summed E-state index contributed by atoms with van der Waals surface area (Å²) in [6.45, 7) is 1.58. The van der Waals surface area contributed by atoms with Gasteiger partial charge in [-0.25, -0.2) is 4.79 Å². The van der Waals surface area contributed by atoms with Crippen LogP contribution in [0.25, 0.3) is 0 Å². The minimum Gasteiger partial charge on any atom is -0.481 e. The number of carbonyl (C=O) groups excluding carboxylic acids is 1. The van der Waals surface area contributed by atoms with Crippen molar-refractivity contribution in [2.75, 3.05) is 19.6 Å². The van der Waals surface area contributed by atoms with Gasteiger partial charge in [-0.15, -0.1) is 0 Å². The largest absolute Gasteiger partial charge is 0.481 e. The van der Waals surface area contributed by atoms with Crippen molar-refractivity contribution in [3.63, 3.8) is 0 Å². The quantitative estimate of drug-likeness (QED) is 0.839. The average Bonchev–Trinajstić information content (AvgIpc) is 2.84. The molecule has 7 heteroatoms. The fourth-order valence-electron chi connectivity index (χ4n) is 2.36. The van der Waals surface area contributed by atoms with Gasteiger partial charge in [0.05, 0.1) is 12.1 Å². The van der Waals surface area contributed by atoms with Crippen molar-refractivity contribution >= 4 is 12.0 Å². The van der Waals surface area contributed by atoms with E-state index in [0.717, 1.165) is 12.0 Å². The van der Waals surface area contributed by atoms with Crippen LogP contribution in [0.15, 0.2) is 12.4 Å². The molecule has 0 radical (unpaired) electrons. The van der Waals surface area contributed by atoms with E-state index < -0.39 is 5.97 Å². The fraction of sp³-hybridized carbons (Fsp3) is 0.615. The summed E-state index contributed by atoms with van der Waals surface area (Å²) in [7, 11) is 1.86. The summed E-state index contributed by atoms with van der Waals surface area (Å²) < 4.78 is 1.73. The maximum absolute atomic E-state index is 11.9. The zero-order valence-electron chi connectivity index (χ0n) is 11.6. The smallest absolute Gasteiger partial charge is 0.317 e. The van der Waals surface area contributed by atoms with Crippen LogP contribution >= 0.6 is 0 Å². The molecule has 0 unspecified atom stereocenters. The Kier molecular flexibility index (Phi) is 4.60. The van der Waals surface area contributed by atoms with E-state index >= 15 is 0 Å². The first-order valence-corrected chi connectivity index (χ1v) is 6.79. The number of carboxylic acid groups (broad SMARTS) is 1. The topological polar surface area (TPSA) is 87.5 Å². The van der Waals surface area contributed by atoms with Crippen LogP contribution in [-0.2, 0) is 18.3 Å². The molecule has 2 heterocycles. The van der Waals surface area contributed by atoms with Gasteiger partial charge in [0.25, 0.3) is 0 Å². The Bertz CT molecular complexity index is 478. The van der Waals surface area contributed by atoms with Gasteiger partial charge in [-0.05, 0) is 24.8 Å². The Labute approximate surface area is 117 Å². The number of carbonyl (C=O) groups is 2. The number of carboxylic acids is 1. The maximum atomic E-state index is 11.9. The SMILES string of the molecule is Cn1cc(CCNC(=O)N2CCC(C(=O)O)CC2)cn1. The average molecular weight is 280 g/mol. The van der Waals surface area contributed by atoms with Crippen LogP contribution in [0.4, 0.5) is 4.79 Å². The lowest BCUT2D eigenvalue weighted by Gasteiger charge is -2.30. The van der Waals surface area contributed by atoms with E-state index in [4.69, 9.17) is 5.11 Å². The molecule has 1 aromatic heterocycles. The number of likely N-dealkylation sites (tertiary alicyclic amines) is 1. The molecule has 2 amide bonds. The summed E-state index contributed by atoms with van der Waals surface area (Å²) in [6.07, 6.45) is 5.51. The second-order valence-corrected chi connectivity index (χ2v) is 5.10. The summed E-state index contributed by atoms with van der Waals surface area (Å²) in [5, 5.41) is 15.8. The van der Waals surface area contributed by atoms with Crippen LogP contribution in [0.2, 0.25) is 0 Å². The predicted molar refractivity (Wildman–Crippen MR) is 72.2 cm³/mol. The number of rotatable bonds is 4. The molecule has 0 aromatic carbocycles. The highest BCUT2D eigenvalue weighted by atomic mass is 16.4. The minimum absolute atomic E-state index is 0.113. The van der Waals surface area contributed by atoms with Crippen LogP contribution in [0.5, 0.6) is 0 Å². The zero-order chi connectivity index (χ0) is 14.5. The van der Waals surface area contributed by atoms with Crippen molar-refractivity contribution < 1.29 is 14.7 Å². The van der Waals surface area contributed by atoms with Crippen molar-refractivity contribution in [2.24, 2.45) is 13.0 Å². The highest BCUT2D eigenvalue weighted by Gasteiger charge is 2.26. The molecule has 0 aliphatic carbocycles. The highest BCUT2D eigenvalue weighted by molar-refractivity contribution is 5.75. The number of hydrogen-bond acceptors (Lipinski definition) is 3. The molecule has 0 saturated carbocycles. The molecule has 0 bridgehead atoms. The van der Waals surface area contributed by atoms with Gasteiger partial charge in [-0.2, -0.15) is 5.10 Å². The van der Waals surface area contributed by atoms with Crippen LogP contribution in [0.3, 0.4) is 0 Å². The fourth-order valence-corrected chi connectivity index (χ4v) is 2.36. The molecule has 2 rings (SSSR count). The van der Waals surface area contributed by atoms with Gasteiger partial charge < -0.3 is 15.3 Å². The predicted octanol–water partition coefficient (Wildman–Crippen LogP) is 0.469. The molecule has 0 atom stereocenters.